The lowest BCUT2D eigenvalue weighted by Crippen LogP contribution is -2.35. The van der Waals surface area contributed by atoms with E-state index in [1.807, 2.05) is 13.0 Å². The fourth-order valence-corrected chi connectivity index (χ4v) is 4.95. The fraction of sp³-hybridized carbons (Fsp3) is 0.375. The molecule has 5 nitrogen and oxygen atoms in total. The molecule has 0 aliphatic heterocycles. The van der Waals surface area contributed by atoms with Crippen molar-refractivity contribution in [2.75, 3.05) is 6.54 Å². The number of halogens is 1. The molecule has 1 aliphatic carbocycles. The predicted octanol–water partition coefficient (Wildman–Crippen LogP) is 4.70. The second-order valence-electron chi connectivity index (χ2n) is 8.04. The number of aromatic nitrogens is 2. The highest BCUT2D eigenvalue weighted by molar-refractivity contribution is 8.00. The van der Waals surface area contributed by atoms with Crippen LogP contribution in [0.2, 0.25) is 0 Å². The Balaban J connectivity index is 1.61. The third-order valence-electron chi connectivity index (χ3n) is 5.77. The summed E-state index contributed by atoms with van der Waals surface area (Å²) in [6.07, 6.45) is 6.08. The van der Waals surface area contributed by atoms with Gasteiger partial charge in [0.15, 0.2) is 5.16 Å². The first kappa shape index (κ1) is 21.6. The van der Waals surface area contributed by atoms with Crippen molar-refractivity contribution in [3.05, 3.63) is 64.7 Å². The van der Waals surface area contributed by atoms with E-state index in [1.54, 1.807) is 30.3 Å². The third kappa shape index (κ3) is 4.98. The maximum Gasteiger partial charge on any atom is 0.266 e. The molecule has 0 spiro atoms. The number of nitrogens with zero attached hydrogens (tertiary/aromatic N) is 2. The monoisotopic (exact) mass is 439 g/mol. The van der Waals surface area contributed by atoms with E-state index < -0.39 is 5.25 Å². The molecule has 1 N–H and O–H groups in total. The topological polar surface area (TPSA) is 64.0 Å². The first-order valence-electron chi connectivity index (χ1n) is 10.7. The van der Waals surface area contributed by atoms with Gasteiger partial charge in [0.2, 0.25) is 5.91 Å². The van der Waals surface area contributed by atoms with Gasteiger partial charge in [0, 0.05) is 6.54 Å². The molecule has 1 fully saturated rings. The number of rotatable bonds is 6. The van der Waals surface area contributed by atoms with Gasteiger partial charge in [-0.05, 0) is 62.1 Å². The third-order valence-corrected chi connectivity index (χ3v) is 6.82. The second kappa shape index (κ2) is 9.64. The van der Waals surface area contributed by atoms with Gasteiger partial charge in [0.1, 0.15) is 5.82 Å². The van der Waals surface area contributed by atoms with E-state index in [1.165, 1.54) is 47.7 Å². The van der Waals surface area contributed by atoms with Crippen molar-refractivity contribution in [1.82, 2.24) is 14.9 Å². The number of para-hydroxylation sites is 1. The highest BCUT2D eigenvalue weighted by Crippen LogP contribution is 2.26. The summed E-state index contributed by atoms with van der Waals surface area (Å²) in [5.74, 6) is 0.102. The van der Waals surface area contributed by atoms with Gasteiger partial charge in [-0.15, -0.1) is 0 Å². The van der Waals surface area contributed by atoms with Crippen LogP contribution in [-0.4, -0.2) is 27.3 Å². The number of carbonyl (C=O) groups is 1. The van der Waals surface area contributed by atoms with Gasteiger partial charge in [0.05, 0.1) is 21.8 Å². The van der Waals surface area contributed by atoms with Crippen molar-refractivity contribution in [3.63, 3.8) is 0 Å². The van der Waals surface area contributed by atoms with Crippen LogP contribution in [0, 0.1) is 11.7 Å². The smallest absolute Gasteiger partial charge is 0.266 e. The minimum Gasteiger partial charge on any atom is -0.355 e. The van der Waals surface area contributed by atoms with Crippen LogP contribution in [0.15, 0.2) is 58.5 Å². The lowest BCUT2D eigenvalue weighted by atomic mass is 9.89. The van der Waals surface area contributed by atoms with Crippen LogP contribution in [0.25, 0.3) is 16.6 Å². The Kier molecular flexibility index (Phi) is 6.70. The quantitative estimate of drug-likeness (QED) is 0.447. The summed E-state index contributed by atoms with van der Waals surface area (Å²) in [6, 6.07) is 12.8. The molecule has 1 aromatic heterocycles. The minimum absolute atomic E-state index is 0.0661. The normalized spacial score (nSPS) is 15.7. The average molecular weight is 440 g/mol. The van der Waals surface area contributed by atoms with Crippen LogP contribution in [0.1, 0.15) is 39.0 Å². The molecule has 2 aromatic carbocycles. The SMILES string of the molecule is CC(Sc1nc2ccccc2c(=O)n1-c1ccc(F)cc1)C(=O)NCC1CCCCC1. The van der Waals surface area contributed by atoms with E-state index in [-0.39, 0.29) is 17.3 Å². The van der Waals surface area contributed by atoms with E-state index in [0.717, 1.165) is 12.8 Å². The van der Waals surface area contributed by atoms with E-state index in [9.17, 15) is 14.0 Å². The number of hydrogen-bond donors (Lipinski definition) is 1. The van der Waals surface area contributed by atoms with Gasteiger partial charge in [0.25, 0.3) is 5.56 Å². The largest absolute Gasteiger partial charge is 0.355 e. The molecule has 0 bridgehead atoms. The van der Waals surface area contributed by atoms with Gasteiger partial charge in [-0.2, -0.15) is 0 Å². The Morgan fingerprint density at radius 1 is 1.16 bits per heavy atom. The fourth-order valence-electron chi connectivity index (χ4n) is 4.00. The van der Waals surface area contributed by atoms with Crippen molar-refractivity contribution < 1.29 is 9.18 Å². The van der Waals surface area contributed by atoms with Gasteiger partial charge < -0.3 is 5.32 Å². The van der Waals surface area contributed by atoms with Crippen LogP contribution in [0.3, 0.4) is 0 Å². The zero-order valence-corrected chi connectivity index (χ0v) is 18.3. The van der Waals surface area contributed by atoms with Crippen LogP contribution in [0.4, 0.5) is 4.39 Å². The molecular formula is C24H26FN3O2S. The number of thioether (sulfide) groups is 1. The van der Waals surface area contributed by atoms with Gasteiger partial charge in [-0.3, -0.25) is 14.2 Å². The van der Waals surface area contributed by atoms with Crippen molar-refractivity contribution in [1.29, 1.82) is 0 Å². The Morgan fingerprint density at radius 3 is 2.61 bits per heavy atom. The van der Waals surface area contributed by atoms with E-state index in [4.69, 9.17) is 0 Å². The van der Waals surface area contributed by atoms with Gasteiger partial charge >= 0.3 is 0 Å². The minimum atomic E-state index is -0.427. The van der Waals surface area contributed by atoms with Crippen LogP contribution >= 0.6 is 11.8 Å². The molecule has 0 saturated heterocycles. The first-order valence-corrected chi connectivity index (χ1v) is 11.6. The molecule has 7 heteroatoms. The molecule has 1 amide bonds. The van der Waals surface area contributed by atoms with Crippen molar-refractivity contribution in [3.8, 4) is 5.69 Å². The molecule has 4 rings (SSSR count). The number of carbonyl (C=O) groups excluding carboxylic acids is 1. The molecule has 3 aromatic rings. The Hall–Kier alpha value is -2.67. The Morgan fingerprint density at radius 2 is 1.87 bits per heavy atom. The standard InChI is InChI=1S/C24H26FN3O2S/c1-16(22(29)26-15-17-7-3-2-4-8-17)31-24-27-21-10-6-5-9-20(21)23(30)28(24)19-13-11-18(25)12-14-19/h5-6,9-14,16-17H,2-4,7-8,15H2,1H3,(H,26,29). The summed E-state index contributed by atoms with van der Waals surface area (Å²) in [7, 11) is 0. The molecule has 162 valence electrons. The average Bonchev–Trinajstić information content (AvgIpc) is 2.79. The summed E-state index contributed by atoms with van der Waals surface area (Å²) in [5.41, 5.74) is 0.847. The summed E-state index contributed by atoms with van der Waals surface area (Å²) in [5, 5.41) is 3.53. The summed E-state index contributed by atoms with van der Waals surface area (Å²) >= 11 is 1.24. The first-order chi connectivity index (χ1) is 15.0. The van der Waals surface area contributed by atoms with Crippen LogP contribution < -0.4 is 10.9 Å². The zero-order chi connectivity index (χ0) is 21.8. The van der Waals surface area contributed by atoms with E-state index in [2.05, 4.69) is 10.3 Å². The summed E-state index contributed by atoms with van der Waals surface area (Å²) in [4.78, 5) is 30.6. The number of amides is 1. The maximum absolute atomic E-state index is 13.4. The van der Waals surface area contributed by atoms with E-state index in [0.29, 0.717) is 34.2 Å². The number of benzene rings is 2. The molecule has 31 heavy (non-hydrogen) atoms. The molecule has 1 atom stereocenters. The number of nitrogens with one attached hydrogen (secondary N) is 1. The molecule has 1 saturated carbocycles. The number of hydrogen-bond acceptors (Lipinski definition) is 4. The molecule has 1 aliphatic rings. The predicted molar refractivity (Wildman–Crippen MR) is 122 cm³/mol. The maximum atomic E-state index is 13.4. The van der Waals surface area contributed by atoms with Crippen molar-refractivity contribution in [2.24, 2.45) is 5.92 Å². The Labute approximate surface area is 185 Å². The van der Waals surface area contributed by atoms with Crippen molar-refractivity contribution in [2.45, 2.75) is 49.4 Å². The summed E-state index contributed by atoms with van der Waals surface area (Å²) in [6.45, 7) is 2.51. The molecule has 1 unspecified atom stereocenters. The summed E-state index contributed by atoms with van der Waals surface area (Å²) < 4.78 is 14.9. The van der Waals surface area contributed by atoms with Gasteiger partial charge in [-0.1, -0.05) is 43.2 Å². The Bertz CT molecular complexity index is 1120. The molecular weight excluding hydrogens is 413 g/mol. The zero-order valence-electron chi connectivity index (χ0n) is 17.5. The van der Waals surface area contributed by atoms with Crippen LogP contribution in [-0.2, 0) is 4.79 Å². The molecule has 1 heterocycles. The van der Waals surface area contributed by atoms with Gasteiger partial charge in [-0.25, -0.2) is 9.37 Å². The number of fused-ring (bicyclic) bond motifs is 1. The lowest BCUT2D eigenvalue weighted by Gasteiger charge is -2.22. The second-order valence-corrected chi connectivity index (χ2v) is 9.35. The van der Waals surface area contributed by atoms with E-state index >= 15 is 0 Å². The lowest BCUT2D eigenvalue weighted by molar-refractivity contribution is -0.120. The highest BCUT2D eigenvalue weighted by atomic mass is 32.2. The van der Waals surface area contributed by atoms with Crippen molar-refractivity contribution >= 4 is 28.6 Å². The highest BCUT2D eigenvalue weighted by Gasteiger charge is 2.21. The van der Waals surface area contributed by atoms with Crippen LogP contribution in [0.5, 0.6) is 0 Å². The molecule has 0 radical (unpaired) electrons.